The first-order chi connectivity index (χ1) is 7.34. The van der Waals surface area contributed by atoms with Crippen LogP contribution in [0.15, 0.2) is 24.4 Å². The van der Waals surface area contributed by atoms with Crippen LogP contribution in [0, 0.1) is 0 Å². The van der Waals surface area contributed by atoms with E-state index in [0.717, 1.165) is 18.8 Å². The molecule has 1 fully saturated rings. The molecule has 4 heteroatoms. The van der Waals surface area contributed by atoms with Gasteiger partial charge >= 0.3 is 0 Å². The molecule has 1 aromatic rings. The van der Waals surface area contributed by atoms with Crippen LogP contribution in [0.5, 0.6) is 0 Å². The fraction of sp³-hybridized carbons (Fsp3) is 0.545. The normalized spacial score (nSPS) is 23.7. The first-order valence-corrected chi connectivity index (χ1v) is 5.22. The third-order valence-electron chi connectivity index (χ3n) is 2.44. The van der Waals surface area contributed by atoms with Gasteiger partial charge in [-0.15, -0.1) is 0 Å². The Morgan fingerprint density at radius 1 is 1.53 bits per heavy atom. The van der Waals surface area contributed by atoms with E-state index in [1.54, 1.807) is 6.20 Å². The molecule has 0 bridgehead atoms. The minimum Gasteiger partial charge on any atom is -0.389 e. The van der Waals surface area contributed by atoms with Crippen LogP contribution >= 0.6 is 0 Å². The molecule has 1 aliphatic rings. The van der Waals surface area contributed by atoms with Gasteiger partial charge in [0.15, 0.2) is 0 Å². The van der Waals surface area contributed by atoms with Crippen molar-refractivity contribution in [1.82, 2.24) is 9.88 Å². The van der Waals surface area contributed by atoms with Gasteiger partial charge in [0.05, 0.1) is 25.0 Å². The summed E-state index contributed by atoms with van der Waals surface area (Å²) >= 11 is 0. The van der Waals surface area contributed by atoms with Crippen LogP contribution in [0.1, 0.15) is 5.69 Å². The first kappa shape index (κ1) is 10.5. The third kappa shape index (κ3) is 3.27. The van der Waals surface area contributed by atoms with E-state index in [2.05, 4.69) is 9.88 Å². The molecule has 0 aromatic carbocycles. The summed E-state index contributed by atoms with van der Waals surface area (Å²) in [4.78, 5) is 6.43. The summed E-state index contributed by atoms with van der Waals surface area (Å²) in [5, 5.41) is 9.55. The zero-order valence-corrected chi connectivity index (χ0v) is 8.67. The number of aliphatic hydroxyl groups excluding tert-OH is 1. The van der Waals surface area contributed by atoms with Gasteiger partial charge in [0.25, 0.3) is 0 Å². The largest absolute Gasteiger partial charge is 0.389 e. The summed E-state index contributed by atoms with van der Waals surface area (Å²) in [7, 11) is 0. The lowest BCUT2D eigenvalue weighted by Crippen LogP contribution is -2.32. The number of nitrogens with zero attached hydrogens (tertiary/aromatic N) is 2. The highest BCUT2D eigenvalue weighted by atomic mass is 16.5. The van der Waals surface area contributed by atoms with Crippen LogP contribution in [-0.4, -0.2) is 47.4 Å². The molecular weight excluding hydrogens is 192 g/mol. The molecule has 2 heterocycles. The minimum atomic E-state index is -0.379. The number of aromatic nitrogens is 1. The van der Waals surface area contributed by atoms with E-state index in [1.807, 2.05) is 18.2 Å². The SMILES string of the molecule is O[C@H]1COCCN(Cc2ccccn2)C1. The van der Waals surface area contributed by atoms with Gasteiger partial charge in [-0.3, -0.25) is 9.88 Å². The Balaban J connectivity index is 1.93. The Morgan fingerprint density at radius 3 is 3.27 bits per heavy atom. The first-order valence-electron chi connectivity index (χ1n) is 5.22. The van der Waals surface area contributed by atoms with E-state index in [0.29, 0.717) is 19.8 Å². The highest BCUT2D eigenvalue weighted by molar-refractivity contribution is 5.03. The van der Waals surface area contributed by atoms with E-state index in [-0.39, 0.29) is 6.10 Å². The van der Waals surface area contributed by atoms with Crippen LogP contribution in [-0.2, 0) is 11.3 Å². The highest BCUT2D eigenvalue weighted by Crippen LogP contribution is 2.05. The zero-order chi connectivity index (χ0) is 10.5. The van der Waals surface area contributed by atoms with Gasteiger partial charge in [-0.25, -0.2) is 0 Å². The van der Waals surface area contributed by atoms with Gasteiger partial charge in [0.1, 0.15) is 0 Å². The predicted molar refractivity (Wildman–Crippen MR) is 56.3 cm³/mol. The summed E-state index contributed by atoms with van der Waals surface area (Å²) in [6.07, 6.45) is 1.41. The number of β-amino-alcohol motifs (C(OH)–C–C–N with tert-alkyl or cyclic N) is 1. The standard InChI is InChI=1S/C11H16N2O2/c14-11-8-13(5-6-15-9-11)7-10-3-1-2-4-12-10/h1-4,11,14H,5-9H2/t11-/m1/s1. The summed E-state index contributed by atoms with van der Waals surface area (Å²) in [5.41, 5.74) is 1.03. The molecule has 0 amide bonds. The van der Waals surface area contributed by atoms with Crippen LogP contribution < -0.4 is 0 Å². The van der Waals surface area contributed by atoms with Crippen molar-refractivity contribution in [1.29, 1.82) is 0 Å². The molecule has 0 aliphatic carbocycles. The number of aliphatic hydroxyl groups is 1. The van der Waals surface area contributed by atoms with Crippen molar-refractivity contribution >= 4 is 0 Å². The zero-order valence-electron chi connectivity index (χ0n) is 8.67. The lowest BCUT2D eigenvalue weighted by Gasteiger charge is -2.20. The van der Waals surface area contributed by atoms with E-state index < -0.39 is 0 Å². The Kier molecular flexibility index (Phi) is 3.66. The van der Waals surface area contributed by atoms with Crippen LogP contribution in [0.3, 0.4) is 0 Å². The van der Waals surface area contributed by atoms with Gasteiger partial charge in [-0.1, -0.05) is 6.07 Å². The Bertz CT molecular complexity index is 292. The number of hydrogen-bond acceptors (Lipinski definition) is 4. The quantitative estimate of drug-likeness (QED) is 0.758. The topological polar surface area (TPSA) is 45.6 Å². The lowest BCUT2D eigenvalue weighted by atomic mass is 10.3. The van der Waals surface area contributed by atoms with Crippen molar-refractivity contribution in [2.75, 3.05) is 26.3 Å². The molecular formula is C11H16N2O2. The van der Waals surface area contributed by atoms with Crippen molar-refractivity contribution in [3.05, 3.63) is 30.1 Å². The number of ether oxygens (including phenoxy) is 1. The maximum absolute atomic E-state index is 9.55. The second kappa shape index (κ2) is 5.21. The van der Waals surface area contributed by atoms with Gasteiger partial charge < -0.3 is 9.84 Å². The summed E-state index contributed by atoms with van der Waals surface area (Å²) < 4.78 is 5.26. The second-order valence-electron chi connectivity index (χ2n) is 3.78. The molecule has 0 spiro atoms. The molecule has 82 valence electrons. The van der Waals surface area contributed by atoms with Gasteiger partial charge in [0, 0.05) is 25.8 Å². The smallest absolute Gasteiger partial charge is 0.0900 e. The lowest BCUT2D eigenvalue weighted by molar-refractivity contribution is 0.0562. The Morgan fingerprint density at radius 2 is 2.47 bits per heavy atom. The molecule has 1 N–H and O–H groups in total. The molecule has 1 saturated heterocycles. The van der Waals surface area contributed by atoms with Gasteiger partial charge in [0.2, 0.25) is 0 Å². The van der Waals surface area contributed by atoms with Gasteiger partial charge in [-0.05, 0) is 12.1 Å². The highest BCUT2D eigenvalue weighted by Gasteiger charge is 2.16. The van der Waals surface area contributed by atoms with Crippen molar-refractivity contribution in [2.24, 2.45) is 0 Å². The molecule has 15 heavy (non-hydrogen) atoms. The summed E-state index contributed by atoms with van der Waals surface area (Å²) in [6.45, 7) is 3.42. The van der Waals surface area contributed by atoms with E-state index >= 15 is 0 Å². The average Bonchev–Trinajstić information content (AvgIpc) is 2.44. The fourth-order valence-electron chi connectivity index (χ4n) is 1.72. The Labute approximate surface area is 89.5 Å². The molecule has 4 nitrogen and oxygen atoms in total. The fourth-order valence-corrected chi connectivity index (χ4v) is 1.72. The molecule has 1 atom stereocenters. The molecule has 0 radical (unpaired) electrons. The third-order valence-corrected chi connectivity index (χ3v) is 2.44. The minimum absolute atomic E-state index is 0.379. The van der Waals surface area contributed by atoms with Crippen molar-refractivity contribution in [3.63, 3.8) is 0 Å². The van der Waals surface area contributed by atoms with Crippen molar-refractivity contribution in [3.8, 4) is 0 Å². The number of pyridine rings is 1. The van der Waals surface area contributed by atoms with E-state index in [1.165, 1.54) is 0 Å². The van der Waals surface area contributed by atoms with Crippen LogP contribution in [0.4, 0.5) is 0 Å². The van der Waals surface area contributed by atoms with Gasteiger partial charge in [-0.2, -0.15) is 0 Å². The Hall–Kier alpha value is -0.970. The van der Waals surface area contributed by atoms with Crippen LogP contribution in [0.2, 0.25) is 0 Å². The maximum atomic E-state index is 9.55. The summed E-state index contributed by atoms with van der Waals surface area (Å²) in [6, 6.07) is 5.88. The predicted octanol–water partition coefficient (Wildman–Crippen LogP) is 0.275. The van der Waals surface area contributed by atoms with E-state index in [4.69, 9.17) is 4.74 Å². The molecule has 0 unspecified atom stereocenters. The molecule has 1 aromatic heterocycles. The maximum Gasteiger partial charge on any atom is 0.0900 e. The molecule has 1 aliphatic heterocycles. The molecule has 0 saturated carbocycles. The number of rotatable bonds is 2. The monoisotopic (exact) mass is 208 g/mol. The average molecular weight is 208 g/mol. The second-order valence-corrected chi connectivity index (χ2v) is 3.78. The molecule has 2 rings (SSSR count). The van der Waals surface area contributed by atoms with E-state index in [9.17, 15) is 5.11 Å². The number of hydrogen-bond donors (Lipinski definition) is 1. The van der Waals surface area contributed by atoms with Crippen molar-refractivity contribution < 1.29 is 9.84 Å². The van der Waals surface area contributed by atoms with Crippen LogP contribution in [0.25, 0.3) is 0 Å². The summed E-state index contributed by atoms with van der Waals surface area (Å²) in [5.74, 6) is 0. The van der Waals surface area contributed by atoms with Crippen molar-refractivity contribution in [2.45, 2.75) is 12.6 Å².